The zero-order valence-electron chi connectivity index (χ0n) is 7.57. The van der Waals surface area contributed by atoms with Gasteiger partial charge in [0.25, 0.3) is 0 Å². The number of hydrogen-bond acceptors (Lipinski definition) is 2. The number of aliphatic imine (C=N–C) groups is 1. The second-order valence-electron chi connectivity index (χ2n) is 3.41. The molecule has 1 saturated carbocycles. The Kier molecular flexibility index (Phi) is 2.33. The van der Waals surface area contributed by atoms with E-state index in [1.165, 1.54) is 6.07 Å². The third-order valence-electron chi connectivity index (χ3n) is 2.10. The Bertz CT molecular complexity index is 386. The van der Waals surface area contributed by atoms with Gasteiger partial charge < -0.3 is 10.8 Å². The number of aromatic hydroxyl groups is 1. The molecular weight excluding hydrogens is 200 g/mol. The van der Waals surface area contributed by atoms with Crippen molar-refractivity contribution in [2.24, 2.45) is 10.7 Å². The molecule has 0 spiro atoms. The summed E-state index contributed by atoms with van der Waals surface area (Å²) in [5.41, 5.74) is 6.46. The molecule has 3 N–H and O–H groups in total. The monoisotopic (exact) mass is 210 g/mol. The predicted octanol–water partition coefficient (Wildman–Crippen LogP) is 1.91. The van der Waals surface area contributed by atoms with Gasteiger partial charge in [0.05, 0.1) is 11.1 Å². The lowest BCUT2D eigenvalue weighted by Gasteiger charge is -2.03. The minimum absolute atomic E-state index is 0.137. The van der Waals surface area contributed by atoms with Gasteiger partial charge in [0.15, 0.2) is 0 Å². The third-order valence-corrected chi connectivity index (χ3v) is 2.41. The van der Waals surface area contributed by atoms with Gasteiger partial charge in [-0.05, 0) is 31.0 Å². The lowest BCUT2D eigenvalue weighted by atomic mass is 10.2. The van der Waals surface area contributed by atoms with E-state index in [0.717, 1.165) is 12.8 Å². The van der Waals surface area contributed by atoms with Crippen LogP contribution in [0.1, 0.15) is 18.4 Å². The van der Waals surface area contributed by atoms with Crippen LogP contribution in [0.15, 0.2) is 23.2 Å². The number of phenols is 1. The van der Waals surface area contributed by atoms with Crippen LogP contribution in [0, 0.1) is 0 Å². The van der Waals surface area contributed by atoms with E-state index in [4.69, 9.17) is 22.4 Å². The van der Waals surface area contributed by atoms with Gasteiger partial charge in [0, 0.05) is 5.56 Å². The third kappa shape index (κ3) is 1.99. The first-order valence-corrected chi connectivity index (χ1v) is 4.87. The first-order valence-electron chi connectivity index (χ1n) is 4.49. The van der Waals surface area contributed by atoms with Crippen molar-refractivity contribution in [1.82, 2.24) is 0 Å². The quantitative estimate of drug-likeness (QED) is 0.579. The average molecular weight is 211 g/mol. The summed E-state index contributed by atoms with van der Waals surface area (Å²) in [5.74, 6) is 0.593. The highest BCUT2D eigenvalue weighted by Crippen LogP contribution is 2.26. The Balaban J connectivity index is 2.30. The van der Waals surface area contributed by atoms with E-state index < -0.39 is 0 Å². The molecule has 2 rings (SSSR count). The van der Waals surface area contributed by atoms with Crippen molar-refractivity contribution in [3.05, 3.63) is 28.8 Å². The molecule has 0 atom stereocenters. The molecule has 0 saturated heterocycles. The molecule has 0 heterocycles. The predicted molar refractivity (Wildman–Crippen MR) is 56.9 cm³/mol. The summed E-state index contributed by atoms with van der Waals surface area (Å²) in [6.45, 7) is 0. The maximum atomic E-state index is 9.15. The minimum Gasteiger partial charge on any atom is -0.508 e. The van der Waals surface area contributed by atoms with E-state index in [0.29, 0.717) is 22.5 Å². The van der Waals surface area contributed by atoms with Crippen molar-refractivity contribution in [3.63, 3.8) is 0 Å². The van der Waals surface area contributed by atoms with E-state index in [1.807, 2.05) is 0 Å². The highest BCUT2D eigenvalue weighted by Gasteiger charge is 2.21. The van der Waals surface area contributed by atoms with E-state index in [1.54, 1.807) is 12.1 Å². The van der Waals surface area contributed by atoms with Crippen LogP contribution in [0.5, 0.6) is 5.75 Å². The lowest BCUT2D eigenvalue weighted by molar-refractivity contribution is 0.475. The Morgan fingerprint density at radius 2 is 2.21 bits per heavy atom. The molecule has 0 unspecified atom stereocenters. The second kappa shape index (κ2) is 3.50. The van der Waals surface area contributed by atoms with E-state index >= 15 is 0 Å². The molecular formula is C10H11ClN2O. The molecule has 0 aliphatic heterocycles. The number of amidine groups is 1. The van der Waals surface area contributed by atoms with Crippen LogP contribution in [-0.4, -0.2) is 17.0 Å². The average Bonchev–Trinajstić information content (AvgIpc) is 2.87. The van der Waals surface area contributed by atoms with Crippen molar-refractivity contribution in [2.45, 2.75) is 18.9 Å². The Morgan fingerprint density at radius 1 is 1.50 bits per heavy atom. The number of rotatable bonds is 2. The van der Waals surface area contributed by atoms with E-state index in [2.05, 4.69) is 4.99 Å². The van der Waals surface area contributed by atoms with Crippen molar-refractivity contribution in [1.29, 1.82) is 0 Å². The topological polar surface area (TPSA) is 58.6 Å². The van der Waals surface area contributed by atoms with Gasteiger partial charge in [-0.15, -0.1) is 0 Å². The molecule has 0 bridgehead atoms. The highest BCUT2D eigenvalue weighted by molar-refractivity contribution is 6.34. The molecule has 0 amide bonds. The summed E-state index contributed by atoms with van der Waals surface area (Å²) >= 11 is 5.91. The van der Waals surface area contributed by atoms with Crippen LogP contribution >= 0.6 is 11.6 Å². The van der Waals surface area contributed by atoms with Gasteiger partial charge in [-0.1, -0.05) is 11.6 Å². The molecule has 14 heavy (non-hydrogen) atoms. The van der Waals surface area contributed by atoms with Crippen LogP contribution < -0.4 is 5.73 Å². The van der Waals surface area contributed by atoms with Crippen LogP contribution in [0.2, 0.25) is 5.02 Å². The van der Waals surface area contributed by atoms with Crippen molar-refractivity contribution in [3.8, 4) is 5.75 Å². The molecule has 1 aromatic carbocycles. The van der Waals surface area contributed by atoms with E-state index in [-0.39, 0.29) is 5.75 Å². The second-order valence-corrected chi connectivity index (χ2v) is 3.82. The summed E-state index contributed by atoms with van der Waals surface area (Å²) in [6, 6.07) is 5.07. The molecule has 74 valence electrons. The zero-order chi connectivity index (χ0) is 10.1. The fourth-order valence-corrected chi connectivity index (χ4v) is 1.45. The molecule has 0 radical (unpaired) electrons. The summed E-state index contributed by atoms with van der Waals surface area (Å²) in [7, 11) is 0. The van der Waals surface area contributed by atoms with Gasteiger partial charge in [0.1, 0.15) is 11.6 Å². The van der Waals surface area contributed by atoms with Crippen LogP contribution in [-0.2, 0) is 0 Å². The molecule has 4 heteroatoms. The number of phenolic OH excluding ortho intramolecular Hbond substituents is 1. The summed E-state index contributed by atoms with van der Waals surface area (Å²) in [4.78, 5) is 4.28. The first kappa shape index (κ1) is 9.34. The van der Waals surface area contributed by atoms with Crippen molar-refractivity contribution >= 4 is 17.4 Å². The Morgan fingerprint density at radius 3 is 2.79 bits per heavy atom. The lowest BCUT2D eigenvalue weighted by Crippen LogP contribution is -2.14. The summed E-state index contributed by atoms with van der Waals surface area (Å²) in [5, 5.41) is 9.59. The fourth-order valence-electron chi connectivity index (χ4n) is 1.18. The Labute approximate surface area is 87.2 Å². The number of nitrogens with two attached hydrogens (primary N) is 1. The Hall–Kier alpha value is -1.22. The van der Waals surface area contributed by atoms with Gasteiger partial charge in [-0.2, -0.15) is 0 Å². The van der Waals surface area contributed by atoms with Gasteiger partial charge >= 0.3 is 0 Å². The van der Waals surface area contributed by atoms with Crippen LogP contribution in [0.25, 0.3) is 0 Å². The van der Waals surface area contributed by atoms with Crippen LogP contribution in [0.4, 0.5) is 0 Å². The normalized spacial score (nSPS) is 17.1. The number of nitrogens with zero attached hydrogens (tertiary/aromatic N) is 1. The van der Waals surface area contributed by atoms with Crippen molar-refractivity contribution < 1.29 is 5.11 Å². The summed E-state index contributed by atoms with van der Waals surface area (Å²) < 4.78 is 0. The van der Waals surface area contributed by atoms with Gasteiger partial charge in [-0.25, -0.2) is 0 Å². The SMILES string of the molecule is NC(=NC1CC1)c1ccc(O)cc1Cl. The molecule has 1 aromatic rings. The number of halogens is 1. The van der Waals surface area contributed by atoms with Crippen molar-refractivity contribution in [2.75, 3.05) is 0 Å². The molecule has 1 fully saturated rings. The maximum Gasteiger partial charge on any atom is 0.127 e. The first-order chi connectivity index (χ1) is 6.66. The number of benzene rings is 1. The van der Waals surface area contributed by atoms with Gasteiger partial charge in [-0.3, -0.25) is 4.99 Å². The minimum atomic E-state index is 0.137. The maximum absolute atomic E-state index is 9.15. The molecule has 1 aliphatic rings. The highest BCUT2D eigenvalue weighted by atomic mass is 35.5. The smallest absolute Gasteiger partial charge is 0.127 e. The standard InChI is InChI=1S/C10H11ClN2O/c11-9-5-7(14)3-4-8(9)10(12)13-6-1-2-6/h3-6,14H,1-2H2,(H2,12,13). The number of hydrogen-bond donors (Lipinski definition) is 2. The molecule has 3 nitrogen and oxygen atoms in total. The molecule has 1 aliphatic carbocycles. The largest absolute Gasteiger partial charge is 0.508 e. The van der Waals surface area contributed by atoms with Crippen LogP contribution in [0.3, 0.4) is 0 Å². The molecule has 0 aromatic heterocycles. The van der Waals surface area contributed by atoms with Gasteiger partial charge in [0.2, 0.25) is 0 Å². The van der Waals surface area contributed by atoms with E-state index in [9.17, 15) is 0 Å². The fraction of sp³-hybridized carbons (Fsp3) is 0.300. The zero-order valence-corrected chi connectivity index (χ0v) is 8.33. The summed E-state index contributed by atoms with van der Waals surface area (Å²) in [6.07, 6.45) is 2.22.